The van der Waals surface area contributed by atoms with E-state index in [-0.39, 0.29) is 24.6 Å². The standard InChI is InChI=1S/C24H19ClN6O3S2/c1-15-27-17(14-35-15)13-34-20-10-18(30-9-3-2-4-23(30)32)5-6-19(20)31-12-16(28-29-31)11-26-24(33)21-7-8-22(25)36-21/h2-10,12,14H,11,13H2,1H3,(H,26,33). The summed E-state index contributed by atoms with van der Waals surface area (Å²) in [5.74, 6) is 0.268. The van der Waals surface area contributed by atoms with E-state index >= 15 is 0 Å². The van der Waals surface area contributed by atoms with Crippen LogP contribution in [0.15, 0.2) is 71.1 Å². The molecule has 4 aromatic heterocycles. The van der Waals surface area contributed by atoms with Crippen molar-refractivity contribution >= 4 is 40.2 Å². The van der Waals surface area contributed by atoms with E-state index in [1.54, 1.807) is 70.9 Å². The van der Waals surface area contributed by atoms with Gasteiger partial charge in [-0.2, -0.15) is 0 Å². The Labute approximate surface area is 218 Å². The van der Waals surface area contributed by atoms with Crippen LogP contribution in [-0.2, 0) is 13.2 Å². The maximum Gasteiger partial charge on any atom is 0.261 e. The number of ether oxygens (including phenoxy) is 1. The van der Waals surface area contributed by atoms with Crippen LogP contribution in [0, 0.1) is 6.92 Å². The fraction of sp³-hybridized carbons (Fsp3) is 0.125. The Balaban J connectivity index is 1.40. The fourth-order valence-corrected chi connectivity index (χ4v) is 4.97. The van der Waals surface area contributed by atoms with E-state index < -0.39 is 0 Å². The molecule has 0 atom stereocenters. The van der Waals surface area contributed by atoms with Crippen molar-refractivity contribution in [2.75, 3.05) is 0 Å². The first kappa shape index (κ1) is 23.9. The minimum atomic E-state index is -0.235. The lowest BCUT2D eigenvalue weighted by molar-refractivity contribution is 0.0954. The van der Waals surface area contributed by atoms with Crippen LogP contribution in [0.2, 0.25) is 4.34 Å². The highest BCUT2D eigenvalue weighted by Crippen LogP contribution is 2.27. The van der Waals surface area contributed by atoms with E-state index in [4.69, 9.17) is 16.3 Å². The van der Waals surface area contributed by atoms with Gasteiger partial charge in [0.2, 0.25) is 0 Å². The van der Waals surface area contributed by atoms with Gasteiger partial charge in [-0.1, -0.05) is 22.9 Å². The second-order valence-electron chi connectivity index (χ2n) is 7.65. The van der Waals surface area contributed by atoms with Crippen molar-refractivity contribution in [1.29, 1.82) is 0 Å². The molecule has 0 aliphatic heterocycles. The Kier molecular flexibility index (Phi) is 6.94. The van der Waals surface area contributed by atoms with Crippen LogP contribution in [0.3, 0.4) is 0 Å². The fourth-order valence-electron chi connectivity index (χ4n) is 3.42. The molecule has 0 bridgehead atoms. The van der Waals surface area contributed by atoms with E-state index in [2.05, 4.69) is 20.6 Å². The molecule has 0 saturated heterocycles. The van der Waals surface area contributed by atoms with Crippen LogP contribution >= 0.6 is 34.3 Å². The van der Waals surface area contributed by atoms with Crippen molar-refractivity contribution in [3.05, 3.63) is 102 Å². The van der Waals surface area contributed by atoms with Crippen LogP contribution in [-0.4, -0.2) is 30.5 Å². The Hall–Kier alpha value is -3.80. The summed E-state index contributed by atoms with van der Waals surface area (Å²) >= 11 is 8.67. The van der Waals surface area contributed by atoms with Gasteiger partial charge in [0.1, 0.15) is 23.7 Å². The molecule has 0 unspecified atom stereocenters. The number of nitrogens with one attached hydrogen (secondary N) is 1. The molecule has 182 valence electrons. The molecule has 12 heteroatoms. The molecule has 1 N–H and O–H groups in total. The third-order valence-corrected chi connectivity index (χ3v) is 7.15. The number of pyridine rings is 1. The van der Waals surface area contributed by atoms with Crippen molar-refractivity contribution < 1.29 is 9.53 Å². The topological polar surface area (TPSA) is 104 Å². The SMILES string of the molecule is Cc1nc(COc2cc(-n3ccccc3=O)ccc2-n2cc(CNC(=O)c3ccc(Cl)s3)nn2)cs1. The van der Waals surface area contributed by atoms with Crippen molar-refractivity contribution in [1.82, 2.24) is 29.9 Å². The van der Waals surface area contributed by atoms with Gasteiger partial charge in [-0.05, 0) is 37.3 Å². The predicted molar refractivity (Wildman–Crippen MR) is 139 cm³/mol. The van der Waals surface area contributed by atoms with Gasteiger partial charge >= 0.3 is 0 Å². The van der Waals surface area contributed by atoms with Crippen LogP contribution in [0.25, 0.3) is 11.4 Å². The number of thiazole rings is 1. The lowest BCUT2D eigenvalue weighted by Gasteiger charge is -2.13. The smallest absolute Gasteiger partial charge is 0.261 e. The number of benzene rings is 1. The van der Waals surface area contributed by atoms with Gasteiger partial charge in [-0.25, -0.2) is 9.67 Å². The first-order chi connectivity index (χ1) is 17.5. The molecule has 4 heterocycles. The number of rotatable bonds is 8. The molecule has 0 spiro atoms. The number of hydrogen-bond donors (Lipinski definition) is 1. The number of halogens is 1. The molecule has 0 aliphatic rings. The summed E-state index contributed by atoms with van der Waals surface area (Å²) < 4.78 is 9.77. The normalized spacial score (nSPS) is 10.9. The Morgan fingerprint density at radius 3 is 2.81 bits per heavy atom. The number of amides is 1. The molecule has 5 rings (SSSR count). The average molecular weight is 539 g/mol. The molecule has 0 aliphatic carbocycles. The summed E-state index contributed by atoms with van der Waals surface area (Å²) in [6, 6.07) is 13.7. The Morgan fingerprint density at radius 2 is 2.06 bits per heavy atom. The maximum absolute atomic E-state index is 12.3. The van der Waals surface area contributed by atoms with Gasteiger partial charge in [0.25, 0.3) is 11.5 Å². The van der Waals surface area contributed by atoms with E-state index in [1.165, 1.54) is 22.0 Å². The zero-order chi connectivity index (χ0) is 25.1. The zero-order valence-electron chi connectivity index (χ0n) is 18.9. The molecule has 5 aromatic rings. The second-order valence-corrected chi connectivity index (χ2v) is 10.4. The molecule has 0 radical (unpaired) electrons. The maximum atomic E-state index is 12.3. The number of carbonyl (C=O) groups is 1. The minimum Gasteiger partial charge on any atom is -0.485 e. The third-order valence-electron chi connectivity index (χ3n) is 5.10. The van der Waals surface area contributed by atoms with Crippen molar-refractivity contribution in [2.24, 2.45) is 0 Å². The lowest BCUT2D eigenvalue weighted by Crippen LogP contribution is -2.21. The quantitative estimate of drug-likeness (QED) is 0.314. The number of carbonyl (C=O) groups excluding carboxylic acids is 1. The highest BCUT2D eigenvalue weighted by Gasteiger charge is 2.14. The summed E-state index contributed by atoms with van der Waals surface area (Å²) in [6.07, 6.45) is 3.41. The lowest BCUT2D eigenvalue weighted by atomic mass is 10.2. The first-order valence-corrected chi connectivity index (χ1v) is 12.8. The number of hydrogen-bond acceptors (Lipinski definition) is 8. The molecule has 1 aromatic carbocycles. The van der Waals surface area contributed by atoms with Crippen LogP contribution in [0.4, 0.5) is 0 Å². The minimum absolute atomic E-state index is 0.155. The van der Waals surface area contributed by atoms with Crippen LogP contribution < -0.4 is 15.6 Å². The first-order valence-electron chi connectivity index (χ1n) is 10.8. The van der Waals surface area contributed by atoms with E-state index in [0.29, 0.717) is 32.0 Å². The number of aryl methyl sites for hydroxylation is 1. The molecule has 1 amide bonds. The summed E-state index contributed by atoms with van der Waals surface area (Å²) in [5, 5.41) is 14.1. The monoisotopic (exact) mass is 538 g/mol. The highest BCUT2D eigenvalue weighted by atomic mass is 35.5. The third kappa shape index (κ3) is 5.38. The number of nitrogens with zero attached hydrogens (tertiary/aromatic N) is 5. The molecule has 0 saturated carbocycles. The summed E-state index contributed by atoms with van der Waals surface area (Å²) in [4.78, 5) is 29.6. The van der Waals surface area contributed by atoms with Crippen LogP contribution in [0.5, 0.6) is 5.75 Å². The van der Waals surface area contributed by atoms with Gasteiger partial charge in [0.05, 0.1) is 38.3 Å². The van der Waals surface area contributed by atoms with E-state index in [9.17, 15) is 9.59 Å². The summed E-state index contributed by atoms with van der Waals surface area (Å²) in [5.41, 5.74) is 2.50. The number of aromatic nitrogens is 5. The summed E-state index contributed by atoms with van der Waals surface area (Å²) in [6.45, 7) is 2.39. The average Bonchev–Trinajstić information content (AvgIpc) is 3.63. The van der Waals surface area contributed by atoms with Crippen molar-refractivity contribution in [2.45, 2.75) is 20.1 Å². The van der Waals surface area contributed by atoms with Gasteiger partial charge in [-0.15, -0.1) is 27.8 Å². The molecule has 36 heavy (non-hydrogen) atoms. The van der Waals surface area contributed by atoms with E-state index in [0.717, 1.165) is 10.7 Å². The molecular formula is C24H19ClN6O3S2. The highest BCUT2D eigenvalue weighted by molar-refractivity contribution is 7.18. The zero-order valence-corrected chi connectivity index (χ0v) is 21.3. The van der Waals surface area contributed by atoms with Gasteiger partial charge < -0.3 is 10.1 Å². The van der Waals surface area contributed by atoms with Crippen molar-refractivity contribution in [3.8, 4) is 17.1 Å². The van der Waals surface area contributed by atoms with Gasteiger partial charge in [-0.3, -0.25) is 14.2 Å². The van der Waals surface area contributed by atoms with Gasteiger partial charge in [0.15, 0.2) is 0 Å². The second kappa shape index (κ2) is 10.4. The molecule has 0 fully saturated rings. The molecule has 9 nitrogen and oxygen atoms in total. The largest absolute Gasteiger partial charge is 0.485 e. The number of thiophene rings is 1. The Bertz CT molecular complexity index is 1590. The molecular weight excluding hydrogens is 520 g/mol. The van der Waals surface area contributed by atoms with E-state index in [1.807, 2.05) is 12.3 Å². The Morgan fingerprint density at radius 1 is 1.17 bits per heavy atom. The van der Waals surface area contributed by atoms with Crippen LogP contribution in [0.1, 0.15) is 26.1 Å². The van der Waals surface area contributed by atoms with Gasteiger partial charge in [0, 0.05) is 23.7 Å². The van der Waals surface area contributed by atoms with Crippen molar-refractivity contribution in [3.63, 3.8) is 0 Å². The predicted octanol–water partition coefficient (Wildman–Crippen LogP) is 4.41. The summed E-state index contributed by atoms with van der Waals surface area (Å²) in [7, 11) is 0.